The van der Waals surface area contributed by atoms with Crippen LogP contribution < -0.4 is 10.2 Å². The van der Waals surface area contributed by atoms with Crippen molar-refractivity contribution in [3.63, 3.8) is 0 Å². The van der Waals surface area contributed by atoms with Crippen molar-refractivity contribution in [1.29, 1.82) is 0 Å². The Bertz CT molecular complexity index is 487. The van der Waals surface area contributed by atoms with Crippen LogP contribution in [-0.2, 0) is 6.54 Å². The molecular weight excluding hydrogens is 282 g/mol. The van der Waals surface area contributed by atoms with E-state index in [0.29, 0.717) is 0 Å². The normalized spacial score (nSPS) is 22.7. The van der Waals surface area contributed by atoms with Crippen LogP contribution in [0.25, 0.3) is 0 Å². The number of halogens is 1. The minimum absolute atomic E-state index is 0.738. The summed E-state index contributed by atoms with van der Waals surface area (Å²) in [6, 6.07) is 7.03. The molecule has 116 valence electrons. The summed E-state index contributed by atoms with van der Waals surface area (Å²) in [6.07, 6.45) is 3.96. The molecule has 1 N–H and O–H groups in total. The van der Waals surface area contributed by atoms with Gasteiger partial charge in [0.2, 0.25) is 0 Å². The Hall–Kier alpha value is -0.770. The monoisotopic (exact) mass is 307 g/mol. The van der Waals surface area contributed by atoms with E-state index in [0.717, 1.165) is 30.1 Å². The lowest BCUT2D eigenvalue weighted by Crippen LogP contribution is -2.28. The zero-order valence-electron chi connectivity index (χ0n) is 13.1. The van der Waals surface area contributed by atoms with Gasteiger partial charge in [0.05, 0.1) is 0 Å². The molecule has 1 saturated heterocycles. The smallest absolute Gasteiger partial charge is 0.0426 e. The maximum absolute atomic E-state index is 6.22. The average Bonchev–Trinajstić information content (AvgIpc) is 3.20. The number of anilines is 1. The fourth-order valence-corrected chi connectivity index (χ4v) is 3.41. The topological polar surface area (TPSA) is 18.5 Å². The van der Waals surface area contributed by atoms with Crippen LogP contribution in [0.1, 0.15) is 24.8 Å². The molecular formula is C17H26ClN3. The van der Waals surface area contributed by atoms with Crippen molar-refractivity contribution in [3.05, 3.63) is 28.8 Å². The van der Waals surface area contributed by atoms with Gasteiger partial charge in [-0.3, -0.25) is 0 Å². The Morgan fingerprint density at radius 2 is 2.14 bits per heavy atom. The second-order valence-electron chi connectivity index (χ2n) is 6.73. The van der Waals surface area contributed by atoms with E-state index < -0.39 is 0 Å². The number of hydrogen-bond acceptors (Lipinski definition) is 3. The number of hydrogen-bond donors (Lipinski definition) is 1. The number of benzene rings is 1. The molecule has 1 aromatic carbocycles. The van der Waals surface area contributed by atoms with Crippen molar-refractivity contribution in [2.45, 2.75) is 31.8 Å². The second-order valence-corrected chi connectivity index (χ2v) is 7.16. The summed E-state index contributed by atoms with van der Waals surface area (Å²) in [7, 11) is 4.41. The van der Waals surface area contributed by atoms with Gasteiger partial charge in [-0.1, -0.05) is 17.7 Å². The molecule has 0 aromatic heterocycles. The molecule has 3 nitrogen and oxygen atoms in total. The molecule has 3 rings (SSSR count). The van der Waals surface area contributed by atoms with Crippen LogP contribution in [0.5, 0.6) is 0 Å². The van der Waals surface area contributed by atoms with Crippen LogP contribution in [0.15, 0.2) is 18.2 Å². The molecule has 1 saturated carbocycles. The highest BCUT2D eigenvalue weighted by atomic mass is 35.5. The third kappa shape index (κ3) is 4.12. The summed E-state index contributed by atoms with van der Waals surface area (Å²) in [5.74, 6) is 0.767. The first-order valence-electron chi connectivity index (χ1n) is 8.03. The maximum Gasteiger partial charge on any atom is 0.0426 e. The van der Waals surface area contributed by atoms with E-state index in [1.54, 1.807) is 0 Å². The minimum Gasteiger partial charge on any atom is -0.374 e. The van der Waals surface area contributed by atoms with E-state index in [1.165, 1.54) is 43.6 Å². The Morgan fingerprint density at radius 1 is 1.33 bits per heavy atom. The van der Waals surface area contributed by atoms with Gasteiger partial charge >= 0.3 is 0 Å². The van der Waals surface area contributed by atoms with Gasteiger partial charge in [-0.2, -0.15) is 0 Å². The minimum atomic E-state index is 0.738. The highest BCUT2D eigenvalue weighted by Crippen LogP contribution is 2.27. The summed E-state index contributed by atoms with van der Waals surface area (Å²) in [5, 5.41) is 4.44. The maximum atomic E-state index is 6.22. The Balaban J connectivity index is 1.67. The number of likely N-dealkylation sites (tertiary alicyclic amines) is 1. The molecule has 21 heavy (non-hydrogen) atoms. The summed E-state index contributed by atoms with van der Waals surface area (Å²) in [4.78, 5) is 4.81. The molecule has 1 aromatic rings. The molecule has 1 unspecified atom stereocenters. The van der Waals surface area contributed by atoms with Crippen LogP contribution >= 0.6 is 11.6 Å². The molecule has 0 bridgehead atoms. The third-order valence-electron chi connectivity index (χ3n) is 4.64. The lowest BCUT2D eigenvalue weighted by Gasteiger charge is -2.26. The first kappa shape index (κ1) is 15.1. The standard InChI is InChI=1S/C17H26ClN3/c1-20-8-7-13(11-20)12-21(2)17-9-15(18)4-3-14(17)10-19-16-5-6-16/h3-4,9,13,16,19H,5-8,10-12H2,1-2H3. The highest BCUT2D eigenvalue weighted by Gasteiger charge is 2.23. The van der Waals surface area contributed by atoms with Gasteiger partial charge in [0.15, 0.2) is 0 Å². The third-order valence-corrected chi connectivity index (χ3v) is 4.87. The van der Waals surface area contributed by atoms with Gasteiger partial charge in [0, 0.05) is 43.4 Å². The van der Waals surface area contributed by atoms with Crippen LogP contribution in [0.4, 0.5) is 5.69 Å². The summed E-state index contributed by atoms with van der Waals surface area (Å²) in [6.45, 7) is 4.50. The molecule has 1 atom stereocenters. The number of nitrogens with one attached hydrogen (secondary N) is 1. The molecule has 4 heteroatoms. The van der Waals surface area contributed by atoms with E-state index in [9.17, 15) is 0 Å². The summed E-state index contributed by atoms with van der Waals surface area (Å²) >= 11 is 6.22. The fourth-order valence-electron chi connectivity index (χ4n) is 3.24. The average molecular weight is 308 g/mol. The molecule has 1 aliphatic heterocycles. The van der Waals surface area contributed by atoms with Gasteiger partial charge in [-0.15, -0.1) is 0 Å². The number of nitrogens with zero attached hydrogens (tertiary/aromatic N) is 2. The van der Waals surface area contributed by atoms with Crippen molar-refractivity contribution >= 4 is 17.3 Å². The van der Waals surface area contributed by atoms with Gasteiger partial charge in [-0.05, 0) is 56.5 Å². The Labute approximate surface area is 133 Å². The zero-order valence-corrected chi connectivity index (χ0v) is 13.9. The zero-order chi connectivity index (χ0) is 14.8. The molecule has 1 aliphatic carbocycles. The molecule has 0 spiro atoms. The molecule has 0 amide bonds. The van der Waals surface area contributed by atoms with Crippen molar-refractivity contribution < 1.29 is 0 Å². The molecule has 0 radical (unpaired) electrons. The lowest BCUT2D eigenvalue weighted by atomic mass is 10.1. The molecule has 2 aliphatic rings. The van der Waals surface area contributed by atoms with Crippen molar-refractivity contribution in [2.75, 3.05) is 38.6 Å². The van der Waals surface area contributed by atoms with Crippen molar-refractivity contribution in [2.24, 2.45) is 5.92 Å². The first-order valence-corrected chi connectivity index (χ1v) is 8.41. The van der Waals surface area contributed by atoms with E-state index in [2.05, 4.69) is 41.3 Å². The number of rotatable bonds is 6. The lowest BCUT2D eigenvalue weighted by molar-refractivity contribution is 0.396. The van der Waals surface area contributed by atoms with Crippen LogP contribution in [0.2, 0.25) is 5.02 Å². The van der Waals surface area contributed by atoms with Gasteiger partial charge in [0.1, 0.15) is 0 Å². The summed E-state index contributed by atoms with van der Waals surface area (Å²) < 4.78 is 0. The summed E-state index contributed by atoms with van der Waals surface area (Å²) in [5.41, 5.74) is 2.64. The Morgan fingerprint density at radius 3 is 2.81 bits per heavy atom. The van der Waals surface area contributed by atoms with Gasteiger partial charge < -0.3 is 15.1 Å². The van der Waals surface area contributed by atoms with E-state index in [1.807, 2.05) is 6.07 Å². The van der Waals surface area contributed by atoms with E-state index in [4.69, 9.17) is 11.6 Å². The largest absolute Gasteiger partial charge is 0.374 e. The van der Waals surface area contributed by atoms with E-state index >= 15 is 0 Å². The highest BCUT2D eigenvalue weighted by molar-refractivity contribution is 6.30. The van der Waals surface area contributed by atoms with Crippen LogP contribution in [-0.4, -0.2) is 44.7 Å². The predicted molar refractivity (Wildman–Crippen MR) is 90.2 cm³/mol. The SMILES string of the molecule is CN1CCC(CN(C)c2cc(Cl)ccc2CNC2CC2)C1. The van der Waals surface area contributed by atoms with Crippen LogP contribution in [0, 0.1) is 5.92 Å². The Kier molecular flexibility index (Phi) is 4.72. The van der Waals surface area contributed by atoms with E-state index in [-0.39, 0.29) is 0 Å². The molecule has 1 heterocycles. The second kappa shape index (κ2) is 6.55. The quantitative estimate of drug-likeness (QED) is 0.871. The van der Waals surface area contributed by atoms with Gasteiger partial charge in [-0.25, -0.2) is 0 Å². The van der Waals surface area contributed by atoms with Gasteiger partial charge in [0.25, 0.3) is 0 Å². The predicted octanol–water partition coefficient (Wildman–Crippen LogP) is 2.98. The first-order chi connectivity index (χ1) is 10.1. The fraction of sp³-hybridized carbons (Fsp3) is 0.647. The van der Waals surface area contributed by atoms with Crippen molar-refractivity contribution in [3.8, 4) is 0 Å². The molecule has 2 fully saturated rings. The van der Waals surface area contributed by atoms with Crippen LogP contribution in [0.3, 0.4) is 0 Å². The van der Waals surface area contributed by atoms with Crippen molar-refractivity contribution in [1.82, 2.24) is 10.2 Å².